The maximum Gasteiger partial charge on any atom is 0.229 e. The fraction of sp³-hybridized carbons (Fsp3) is 0.238. The second-order valence-corrected chi connectivity index (χ2v) is 6.38. The van der Waals surface area contributed by atoms with E-state index in [1.165, 1.54) is 5.56 Å². The van der Waals surface area contributed by atoms with Crippen LogP contribution in [0.2, 0.25) is 0 Å². The molecule has 0 radical (unpaired) electrons. The molecule has 0 bridgehead atoms. The molecule has 4 rings (SSSR count). The Labute approximate surface area is 158 Å². The first kappa shape index (κ1) is 17.1. The molecule has 0 atom stereocenters. The zero-order valence-corrected chi connectivity index (χ0v) is 15.5. The molecule has 6 nitrogen and oxygen atoms in total. The van der Waals surface area contributed by atoms with E-state index in [1.54, 1.807) is 0 Å². The lowest BCUT2D eigenvalue weighted by Crippen LogP contribution is -2.15. The molecule has 0 spiro atoms. The van der Waals surface area contributed by atoms with Crippen LogP contribution in [0.5, 0.6) is 11.5 Å². The van der Waals surface area contributed by atoms with Gasteiger partial charge in [-0.05, 0) is 43.2 Å². The van der Waals surface area contributed by atoms with Crippen LogP contribution < -0.4 is 20.1 Å². The quantitative estimate of drug-likeness (QED) is 0.691. The van der Waals surface area contributed by atoms with Crippen molar-refractivity contribution in [2.45, 2.75) is 20.3 Å². The predicted molar refractivity (Wildman–Crippen MR) is 107 cm³/mol. The highest BCUT2D eigenvalue weighted by Gasteiger charge is 2.12. The molecule has 3 aromatic rings. The van der Waals surface area contributed by atoms with Crippen molar-refractivity contribution in [3.05, 3.63) is 59.8 Å². The first-order valence-corrected chi connectivity index (χ1v) is 9.08. The minimum atomic E-state index is 0.555. The molecule has 27 heavy (non-hydrogen) atoms. The Balaban J connectivity index is 1.53. The molecule has 2 N–H and O–H groups in total. The molecular formula is C21H22N4O2. The number of fused-ring (bicyclic) bond motifs is 1. The smallest absolute Gasteiger partial charge is 0.229 e. The van der Waals surface area contributed by atoms with Gasteiger partial charge in [-0.15, -0.1) is 0 Å². The molecule has 0 aliphatic carbocycles. The van der Waals surface area contributed by atoms with E-state index >= 15 is 0 Å². The number of aromatic nitrogens is 2. The number of anilines is 4. The number of hydrogen-bond donors (Lipinski definition) is 2. The van der Waals surface area contributed by atoms with Gasteiger partial charge < -0.3 is 20.1 Å². The van der Waals surface area contributed by atoms with Gasteiger partial charge in [-0.1, -0.05) is 19.1 Å². The fourth-order valence-corrected chi connectivity index (χ4v) is 2.91. The molecule has 0 amide bonds. The summed E-state index contributed by atoms with van der Waals surface area (Å²) in [5, 5.41) is 6.58. The van der Waals surface area contributed by atoms with Gasteiger partial charge in [0.2, 0.25) is 5.95 Å². The third-order valence-corrected chi connectivity index (χ3v) is 4.29. The average Bonchev–Trinajstić information content (AvgIpc) is 2.68. The number of aryl methyl sites for hydroxylation is 2. The standard InChI is InChI=1S/C21H22N4O2/c1-3-15-4-6-16(7-5-15)24-21-22-14(2)12-20(25-21)23-17-8-9-18-19(13-17)27-11-10-26-18/h4-9,12-13H,3,10-11H2,1-2H3,(H2,22,23,24,25). The summed E-state index contributed by atoms with van der Waals surface area (Å²) in [4.78, 5) is 9.05. The summed E-state index contributed by atoms with van der Waals surface area (Å²) in [6.07, 6.45) is 1.02. The molecule has 138 valence electrons. The van der Waals surface area contributed by atoms with Crippen LogP contribution in [0.1, 0.15) is 18.2 Å². The molecule has 0 saturated heterocycles. The molecule has 6 heteroatoms. The first-order chi connectivity index (χ1) is 13.2. The van der Waals surface area contributed by atoms with Crippen LogP contribution in [-0.4, -0.2) is 23.2 Å². The van der Waals surface area contributed by atoms with Crippen molar-refractivity contribution in [1.29, 1.82) is 0 Å². The van der Waals surface area contributed by atoms with Gasteiger partial charge in [0.15, 0.2) is 11.5 Å². The highest BCUT2D eigenvalue weighted by molar-refractivity contribution is 5.63. The van der Waals surface area contributed by atoms with Crippen molar-refractivity contribution >= 4 is 23.1 Å². The van der Waals surface area contributed by atoms with E-state index in [1.807, 2.05) is 43.3 Å². The summed E-state index contributed by atoms with van der Waals surface area (Å²) in [7, 11) is 0. The lowest BCUT2D eigenvalue weighted by molar-refractivity contribution is 0.171. The normalized spacial score (nSPS) is 12.5. The first-order valence-electron chi connectivity index (χ1n) is 9.08. The van der Waals surface area contributed by atoms with Crippen LogP contribution in [0.3, 0.4) is 0 Å². The van der Waals surface area contributed by atoms with Crippen LogP contribution in [0.25, 0.3) is 0 Å². The number of ether oxygens (including phenoxy) is 2. The van der Waals surface area contributed by atoms with Crippen molar-refractivity contribution in [1.82, 2.24) is 9.97 Å². The van der Waals surface area contributed by atoms with E-state index in [0.29, 0.717) is 25.0 Å². The van der Waals surface area contributed by atoms with Crippen molar-refractivity contribution in [3.63, 3.8) is 0 Å². The maximum atomic E-state index is 5.64. The molecule has 0 unspecified atom stereocenters. The number of rotatable bonds is 5. The molecule has 1 aromatic heterocycles. The van der Waals surface area contributed by atoms with E-state index in [9.17, 15) is 0 Å². The third-order valence-electron chi connectivity index (χ3n) is 4.29. The van der Waals surface area contributed by atoms with Gasteiger partial charge in [0, 0.05) is 29.2 Å². The Morgan fingerprint density at radius 2 is 1.59 bits per heavy atom. The molecule has 1 aliphatic heterocycles. The van der Waals surface area contributed by atoms with Gasteiger partial charge in [-0.25, -0.2) is 4.98 Å². The van der Waals surface area contributed by atoms with Crippen molar-refractivity contribution < 1.29 is 9.47 Å². The Hall–Kier alpha value is -3.28. The lowest BCUT2D eigenvalue weighted by Gasteiger charge is -2.19. The monoisotopic (exact) mass is 362 g/mol. The number of nitrogens with zero attached hydrogens (tertiary/aromatic N) is 2. The zero-order chi connectivity index (χ0) is 18.6. The Morgan fingerprint density at radius 3 is 2.37 bits per heavy atom. The summed E-state index contributed by atoms with van der Waals surface area (Å²) in [5.41, 5.74) is 4.02. The molecule has 2 heterocycles. The molecule has 2 aromatic carbocycles. The van der Waals surface area contributed by atoms with Crippen LogP contribution in [0.4, 0.5) is 23.1 Å². The van der Waals surface area contributed by atoms with Crippen molar-refractivity contribution in [2.75, 3.05) is 23.8 Å². The van der Waals surface area contributed by atoms with E-state index in [4.69, 9.17) is 9.47 Å². The number of benzene rings is 2. The average molecular weight is 362 g/mol. The third kappa shape index (κ3) is 4.11. The van der Waals surface area contributed by atoms with Crippen LogP contribution in [-0.2, 0) is 6.42 Å². The van der Waals surface area contributed by atoms with E-state index < -0.39 is 0 Å². The number of hydrogen-bond acceptors (Lipinski definition) is 6. The molecule has 1 aliphatic rings. The van der Waals surface area contributed by atoms with Crippen LogP contribution >= 0.6 is 0 Å². The minimum absolute atomic E-state index is 0.555. The second-order valence-electron chi connectivity index (χ2n) is 6.38. The second kappa shape index (κ2) is 7.53. The van der Waals surface area contributed by atoms with E-state index in [0.717, 1.165) is 35.0 Å². The summed E-state index contributed by atoms with van der Waals surface area (Å²) in [6.45, 7) is 5.23. The minimum Gasteiger partial charge on any atom is -0.486 e. The summed E-state index contributed by atoms with van der Waals surface area (Å²) in [5.74, 6) is 2.78. The Morgan fingerprint density at radius 1 is 0.852 bits per heavy atom. The van der Waals surface area contributed by atoms with Gasteiger partial charge in [-0.3, -0.25) is 0 Å². The topological polar surface area (TPSA) is 68.3 Å². The summed E-state index contributed by atoms with van der Waals surface area (Å²) < 4.78 is 11.2. The van der Waals surface area contributed by atoms with Gasteiger partial charge in [0.05, 0.1) is 0 Å². The van der Waals surface area contributed by atoms with Crippen molar-refractivity contribution in [2.24, 2.45) is 0 Å². The summed E-state index contributed by atoms with van der Waals surface area (Å²) >= 11 is 0. The van der Waals surface area contributed by atoms with Crippen LogP contribution in [0, 0.1) is 6.92 Å². The predicted octanol–water partition coefficient (Wildman–Crippen LogP) is 4.61. The zero-order valence-electron chi connectivity index (χ0n) is 15.5. The van der Waals surface area contributed by atoms with Crippen molar-refractivity contribution in [3.8, 4) is 11.5 Å². The van der Waals surface area contributed by atoms with Gasteiger partial charge >= 0.3 is 0 Å². The van der Waals surface area contributed by atoms with Gasteiger partial charge in [0.1, 0.15) is 19.0 Å². The van der Waals surface area contributed by atoms with Gasteiger partial charge in [0.25, 0.3) is 0 Å². The van der Waals surface area contributed by atoms with E-state index in [-0.39, 0.29) is 0 Å². The highest BCUT2D eigenvalue weighted by Crippen LogP contribution is 2.33. The van der Waals surface area contributed by atoms with Gasteiger partial charge in [-0.2, -0.15) is 4.98 Å². The van der Waals surface area contributed by atoms with E-state index in [2.05, 4.69) is 39.7 Å². The molecular weight excluding hydrogens is 340 g/mol. The maximum absolute atomic E-state index is 5.64. The highest BCUT2D eigenvalue weighted by atomic mass is 16.6. The number of nitrogens with one attached hydrogen (secondary N) is 2. The largest absolute Gasteiger partial charge is 0.486 e. The van der Waals surface area contributed by atoms with Crippen LogP contribution in [0.15, 0.2) is 48.5 Å². The lowest BCUT2D eigenvalue weighted by atomic mass is 10.1. The fourth-order valence-electron chi connectivity index (χ4n) is 2.91. The SMILES string of the molecule is CCc1ccc(Nc2nc(C)cc(Nc3ccc4c(c3)OCCO4)n2)cc1. The summed E-state index contributed by atoms with van der Waals surface area (Å²) in [6, 6.07) is 16.0. The Bertz CT molecular complexity index is 941. The Kier molecular flexibility index (Phi) is 4.78. The molecule has 0 fully saturated rings. The molecule has 0 saturated carbocycles.